The van der Waals surface area contributed by atoms with E-state index in [1.807, 2.05) is 28.7 Å². The van der Waals surface area contributed by atoms with Crippen molar-refractivity contribution in [2.45, 2.75) is 43.6 Å². The lowest BCUT2D eigenvalue weighted by atomic mass is 9.88. The van der Waals surface area contributed by atoms with Gasteiger partial charge in [0.2, 0.25) is 5.54 Å². The number of hydrogen-bond donors (Lipinski definition) is 1. The standard InChI is InChI=1S/C19H17F5IN3O2S/c1-17(2,3)31(29)28-18(10-26,15-5-4-13(25)9-27-15)11-6-12(20)8-14(7-11)30-19(23,24)16(21)22/h4-9,16,28H,1-3H3. The van der Waals surface area contributed by atoms with Gasteiger partial charge in [-0.15, -0.1) is 4.72 Å². The van der Waals surface area contributed by atoms with Gasteiger partial charge in [0.25, 0.3) is 0 Å². The minimum atomic E-state index is -4.89. The van der Waals surface area contributed by atoms with E-state index >= 15 is 0 Å². The molecule has 0 saturated heterocycles. The Balaban J connectivity index is 2.69. The molecule has 31 heavy (non-hydrogen) atoms. The summed E-state index contributed by atoms with van der Waals surface area (Å²) in [4.78, 5) is 4.14. The molecule has 0 radical (unpaired) electrons. The topological polar surface area (TPSA) is 81.0 Å². The Hall–Kier alpha value is -1.69. The molecule has 2 unspecified atom stereocenters. The molecular formula is C19H17F5IN3O2S. The van der Waals surface area contributed by atoms with Crippen LogP contribution in [0.4, 0.5) is 22.0 Å². The monoisotopic (exact) mass is 573 g/mol. The lowest BCUT2D eigenvalue weighted by Gasteiger charge is -2.33. The van der Waals surface area contributed by atoms with Gasteiger partial charge in [0.15, 0.2) is 0 Å². The number of halogens is 6. The zero-order valence-corrected chi connectivity index (χ0v) is 19.4. The largest absolute Gasteiger partial charge is 0.598 e. The summed E-state index contributed by atoms with van der Waals surface area (Å²) in [6.45, 7) is 4.84. The van der Waals surface area contributed by atoms with Crippen LogP contribution in [0.2, 0.25) is 0 Å². The molecule has 1 aromatic heterocycles. The number of alkyl halides is 4. The predicted octanol–water partition coefficient (Wildman–Crippen LogP) is 4.88. The van der Waals surface area contributed by atoms with Gasteiger partial charge in [0.05, 0.1) is 5.69 Å². The van der Waals surface area contributed by atoms with Gasteiger partial charge in [-0.3, -0.25) is 4.98 Å². The second-order valence-corrected chi connectivity index (χ2v) is 10.6. The van der Waals surface area contributed by atoms with Crippen LogP contribution in [-0.4, -0.2) is 26.8 Å². The van der Waals surface area contributed by atoms with Crippen molar-refractivity contribution in [1.29, 1.82) is 5.26 Å². The zero-order valence-electron chi connectivity index (χ0n) is 16.4. The highest BCUT2D eigenvalue weighted by molar-refractivity contribution is 14.1. The van der Waals surface area contributed by atoms with Gasteiger partial charge in [0, 0.05) is 32.8 Å². The minimum absolute atomic E-state index is 0.00909. The van der Waals surface area contributed by atoms with Crippen LogP contribution in [0.1, 0.15) is 32.0 Å². The Bertz CT molecular complexity index is 966. The Morgan fingerprint density at radius 1 is 1.23 bits per heavy atom. The maximum atomic E-state index is 14.3. The molecule has 168 valence electrons. The number of rotatable bonds is 7. The lowest BCUT2D eigenvalue weighted by molar-refractivity contribution is -0.253. The van der Waals surface area contributed by atoms with Gasteiger partial charge in [0.1, 0.15) is 22.4 Å². The molecule has 0 saturated carbocycles. The number of pyridine rings is 1. The third-order valence-electron chi connectivity index (χ3n) is 3.89. The van der Waals surface area contributed by atoms with Gasteiger partial charge < -0.3 is 9.29 Å². The summed E-state index contributed by atoms with van der Waals surface area (Å²) in [6, 6.07) is 6.98. The number of benzene rings is 1. The van der Waals surface area contributed by atoms with Crippen LogP contribution in [0, 0.1) is 20.7 Å². The number of nitrogens with zero attached hydrogens (tertiary/aromatic N) is 2. The number of aromatic nitrogens is 1. The van der Waals surface area contributed by atoms with Crippen LogP contribution >= 0.6 is 22.6 Å². The maximum absolute atomic E-state index is 14.3. The van der Waals surface area contributed by atoms with E-state index in [-0.39, 0.29) is 11.3 Å². The summed E-state index contributed by atoms with van der Waals surface area (Å²) in [7, 11) is 0. The normalized spacial score (nSPS) is 15.3. The van der Waals surface area contributed by atoms with Crippen molar-refractivity contribution in [2.75, 3.05) is 0 Å². The summed E-state index contributed by atoms with van der Waals surface area (Å²) >= 11 is 0.0627. The summed E-state index contributed by atoms with van der Waals surface area (Å²) in [5.41, 5.74) is -2.38. The van der Waals surface area contributed by atoms with Gasteiger partial charge in [-0.25, -0.2) is 4.39 Å². The first-order valence-corrected chi connectivity index (χ1v) is 10.8. The van der Waals surface area contributed by atoms with Crippen LogP contribution in [0.5, 0.6) is 5.75 Å². The third-order valence-corrected chi connectivity index (χ3v) is 6.14. The third kappa shape index (κ3) is 5.97. The molecule has 1 N–H and O–H groups in total. The molecule has 0 aliphatic carbocycles. The molecule has 2 aromatic rings. The van der Waals surface area contributed by atoms with Crippen LogP contribution in [0.15, 0.2) is 36.5 Å². The Kier molecular flexibility index (Phi) is 7.78. The van der Waals surface area contributed by atoms with Crippen LogP contribution in [0.3, 0.4) is 0 Å². The van der Waals surface area contributed by atoms with Crippen molar-refractivity contribution >= 4 is 34.0 Å². The fourth-order valence-electron chi connectivity index (χ4n) is 2.33. The second kappa shape index (κ2) is 9.43. The van der Waals surface area contributed by atoms with Gasteiger partial charge in [-0.2, -0.15) is 22.8 Å². The van der Waals surface area contributed by atoms with Crippen molar-refractivity contribution < 1.29 is 31.2 Å². The first kappa shape index (κ1) is 25.6. The zero-order chi connectivity index (χ0) is 23.6. The van der Waals surface area contributed by atoms with E-state index in [1.54, 1.807) is 26.8 Å². The molecule has 0 fully saturated rings. The summed E-state index contributed by atoms with van der Waals surface area (Å²) in [5.74, 6) is -2.07. The molecule has 0 amide bonds. The first-order chi connectivity index (χ1) is 14.2. The van der Waals surface area contributed by atoms with Crippen molar-refractivity contribution in [1.82, 2.24) is 9.71 Å². The van der Waals surface area contributed by atoms with E-state index in [2.05, 4.69) is 14.4 Å². The highest BCUT2D eigenvalue weighted by Crippen LogP contribution is 2.36. The second-order valence-electron chi connectivity index (χ2n) is 7.35. The van der Waals surface area contributed by atoms with Gasteiger partial charge in [-0.1, -0.05) is 0 Å². The molecular weight excluding hydrogens is 556 g/mol. The Morgan fingerprint density at radius 2 is 1.87 bits per heavy atom. The molecule has 0 spiro atoms. The molecule has 0 bridgehead atoms. The highest BCUT2D eigenvalue weighted by Gasteiger charge is 2.46. The van der Waals surface area contributed by atoms with E-state index in [0.717, 1.165) is 12.1 Å². The number of hydrogen-bond acceptors (Lipinski definition) is 5. The van der Waals surface area contributed by atoms with E-state index in [4.69, 9.17) is 0 Å². The van der Waals surface area contributed by atoms with Crippen LogP contribution in [0.25, 0.3) is 0 Å². The smallest absolute Gasteiger partial charge is 0.461 e. The molecule has 1 aromatic carbocycles. The molecule has 12 heteroatoms. The number of nitrogens with one attached hydrogen (secondary N) is 1. The Labute approximate surface area is 192 Å². The van der Waals surface area contributed by atoms with E-state index in [1.165, 1.54) is 12.3 Å². The molecule has 2 rings (SSSR count). The summed E-state index contributed by atoms with van der Waals surface area (Å²) in [6.07, 6.45) is -7.65. The molecule has 0 aliphatic heterocycles. The lowest BCUT2D eigenvalue weighted by Crippen LogP contribution is -2.51. The van der Waals surface area contributed by atoms with E-state index in [0.29, 0.717) is 9.64 Å². The highest BCUT2D eigenvalue weighted by atomic mass is 127. The average molecular weight is 573 g/mol. The van der Waals surface area contributed by atoms with Crippen molar-refractivity contribution in [3.05, 3.63) is 57.2 Å². The molecule has 0 aliphatic rings. The van der Waals surface area contributed by atoms with Gasteiger partial charge in [-0.05, 0) is 67.6 Å². The SMILES string of the molecule is CC(C)(C)[S+]([O-])NC(C#N)(c1cc(F)cc(OC(F)(F)C(F)F)c1)c1ccc(I)cn1. The quantitative estimate of drug-likeness (QED) is 0.290. The maximum Gasteiger partial charge on any atom is 0.461 e. The predicted molar refractivity (Wildman–Crippen MR) is 112 cm³/mol. The van der Waals surface area contributed by atoms with Crippen molar-refractivity contribution in [2.24, 2.45) is 0 Å². The van der Waals surface area contributed by atoms with Crippen LogP contribution in [-0.2, 0) is 16.9 Å². The molecule has 1 heterocycles. The first-order valence-electron chi connectivity index (χ1n) is 8.60. The van der Waals surface area contributed by atoms with Crippen molar-refractivity contribution in [3.63, 3.8) is 0 Å². The van der Waals surface area contributed by atoms with Gasteiger partial charge >= 0.3 is 12.5 Å². The van der Waals surface area contributed by atoms with E-state index < -0.39 is 45.7 Å². The summed E-state index contributed by atoms with van der Waals surface area (Å²) < 4.78 is 85.3. The minimum Gasteiger partial charge on any atom is -0.598 e. The average Bonchev–Trinajstić information content (AvgIpc) is 2.65. The number of nitriles is 1. The fourth-order valence-corrected chi connectivity index (χ4v) is 3.50. The van der Waals surface area contributed by atoms with Crippen molar-refractivity contribution in [3.8, 4) is 11.8 Å². The number of ether oxygens (including phenoxy) is 1. The summed E-state index contributed by atoms with van der Waals surface area (Å²) in [5, 5.41) is 10.0. The Morgan fingerprint density at radius 3 is 2.35 bits per heavy atom. The van der Waals surface area contributed by atoms with Crippen LogP contribution < -0.4 is 9.46 Å². The van der Waals surface area contributed by atoms with E-state index in [9.17, 15) is 31.8 Å². The molecule has 2 atom stereocenters. The molecule has 5 nitrogen and oxygen atoms in total. The fraction of sp³-hybridized carbons (Fsp3) is 0.368.